The van der Waals surface area contributed by atoms with E-state index in [0.717, 1.165) is 6.54 Å². The molecule has 0 aliphatic heterocycles. The van der Waals surface area contributed by atoms with Crippen LogP contribution in [-0.2, 0) is 22.7 Å². The number of nitrogens with one attached hydrogen (secondary N) is 2. The third-order valence-electron chi connectivity index (χ3n) is 2.92. The number of hydrogen-bond acceptors (Lipinski definition) is 5. The van der Waals surface area contributed by atoms with Gasteiger partial charge in [-0.25, -0.2) is 0 Å². The highest BCUT2D eigenvalue weighted by atomic mass is 16.2. The van der Waals surface area contributed by atoms with E-state index in [2.05, 4.69) is 20.8 Å². The quantitative estimate of drug-likeness (QED) is 0.594. The maximum absolute atomic E-state index is 11.6. The van der Waals surface area contributed by atoms with Gasteiger partial charge in [0.05, 0.1) is 19.1 Å². The molecule has 1 atom stereocenters. The van der Waals surface area contributed by atoms with Crippen molar-refractivity contribution in [3.8, 4) is 0 Å². The Morgan fingerprint density at radius 3 is 2.70 bits per heavy atom. The molecule has 8 nitrogen and oxygen atoms in total. The standard InChI is InChI=1S/C12H22N6O2/c1-4-18-7-16-17-9(18)5-14-10(19)6-15-12(20)11(13)8(2)3/h7-8,11H,4-6,13H2,1-3H3,(H,14,19)(H,15,20)/t11-/m0/s1. The summed E-state index contributed by atoms with van der Waals surface area (Å²) in [6.07, 6.45) is 1.60. The maximum Gasteiger partial charge on any atom is 0.239 e. The zero-order chi connectivity index (χ0) is 15.1. The molecule has 0 aromatic carbocycles. The van der Waals surface area contributed by atoms with Gasteiger partial charge in [-0.3, -0.25) is 9.59 Å². The number of carbonyl (C=O) groups excluding carboxylic acids is 2. The van der Waals surface area contributed by atoms with Crippen LogP contribution >= 0.6 is 0 Å². The lowest BCUT2D eigenvalue weighted by molar-refractivity contribution is -0.127. The van der Waals surface area contributed by atoms with Crippen LogP contribution in [0.25, 0.3) is 0 Å². The highest BCUT2D eigenvalue weighted by Gasteiger charge is 2.17. The molecule has 0 saturated heterocycles. The minimum Gasteiger partial charge on any atom is -0.347 e. The summed E-state index contributed by atoms with van der Waals surface area (Å²) in [5, 5.41) is 12.8. The summed E-state index contributed by atoms with van der Waals surface area (Å²) in [6, 6.07) is -0.606. The summed E-state index contributed by atoms with van der Waals surface area (Å²) in [4.78, 5) is 23.2. The van der Waals surface area contributed by atoms with Crippen LogP contribution in [0.1, 0.15) is 26.6 Å². The lowest BCUT2D eigenvalue weighted by Gasteiger charge is -2.15. The number of aromatic nitrogens is 3. The summed E-state index contributed by atoms with van der Waals surface area (Å²) in [5.74, 6) is 0.0825. The van der Waals surface area contributed by atoms with Crippen LogP contribution in [0, 0.1) is 5.92 Å². The van der Waals surface area contributed by atoms with E-state index >= 15 is 0 Å². The van der Waals surface area contributed by atoms with Crippen LogP contribution < -0.4 is 16.4 Å². The summed E-state index contributed by atoms with van der Waals surface area (Å²) < 4.78 is 1.83. The molecule has 0 aliphatic rings. The summed E-state index contributed by atoms with van der Waals surface area (Å²) in [7, 11) is 0. The van der Waals surface area contributed by atoms with Gasteiger partial charge in [0, 0.05) is 6.54 Å². The Kier molecular flexibility index (Phi) is 6.10. The minimum absolute atomic E-state index is 0.0289. The van der Waals surface area contributed by atoms with Crippen LogP contribution in [0.3, 0.4) is 0 Å². The lowest BCUT2D eigenvalue weighted by Crippen LogP contribution is -2.47. The molecule has 1 aromatic rings. The lowest BCUT2D eigenvalue weighted by atomic mass is 10.1. The van der Waals surface area contributed by atoms with Crippen LogP contribution in [-0.4, -0.2) is 39.2 Å². The van der Waals surface area contributed by atoms with Gasteiger partial charge in [0.2, 0.25) is 11.8 Å². The van der Waals surface area contributed by atoms with Gasteiger partial charge in [0.25, 0.3) is 0 Å². The number of nitrogens with zero attached hydrogens (tertiary/aromatic N) is 3. The molecule has 20 heavy (non-hydrogen) atoms. The summed E-state index contributed by atoms with van der Waals surface area (Å²) >= 11 is 0. The molecule has 1 aromatic heterocycles. The molecular weight excluding hydrogens is 260 g/mol. The Bertz CT molecular complexity index is 457. The average molecular weight is 282 g/mol. The predicted molar refractivity (Wildman–Crippen MR) is 73.4 cm³/mol. The van der Waals surface area contributed by atoms with Gasteiger partial charge >= 0.3 is 0 Å². The zero-order valence-corrected chi connectivity index (χ0v) is 12.1. The molecule has 2 amide bonds. The SMILES string of the molecule is CCn1cnnc1CNC(=O)CNC(=O)[C@@H](N)C(C)C. The van der Waals surface area contributed by atoms with Crippen LogP contribution in [0.2, 0.25) is 0 Å². The van der Waals surface area contributed by atoms with Gasteiger partial charge in [0.1, 0.15) is 6.33 Å². The van der Waals surface area contributed by atoms with E-state index in [1.807, 2.05) is 25.3 Å². The van der Waals surface area contributed by atoms with E-state index in [9.17, 15) is 9.59 Å². The summed E-state index contributed by atoms with van der Waals surface area (Å²) in [5.41, 5.74) is 5.67. The Morgan fingerprint density at radius 2 is 2.10 bits per heavy atom. The van der Waals surface area contributed by atoms with Crippen molar-refractivity contribution in [3.63, 3.8) is 0 Å². The van der Waals surface area contributed by atoms with Crippen LogP contribution in [0.4, 0.5) is 0 Å². The molecule has 0 bridgehead atoms. The molecule has 0 aliphatic carbocycles. The number of rotatable bonds is 7. The number of aryl methyl sites for hydroxylation is 1. The van der Waals surface area contributed by atoms with Crippen LogP contribution in [0.5, 0.6) is 0 Å². The van der Waals surface area contributed by atoms with E-state index < -0.39 is 6.04 Å². The highest BCUT2D eigenvalue weighted by Crippen LogP contribution is 1.97. The average Bonchev–Trinajstić information content (AvgIpc) is 2.88. The van der Waals surface area contributed by atoms with Crippen molar-refractivity contribution >= 4 is 11.8 Å². The monoisotopic (exact) mass is 282 g/mol. The molecule has 8 heteroatoms. The van der Waals surface area contributed by atoms with E-state index in [4.69, 9.17) is 5.73 Å². The normalized spacial score (nSPS) is 12.2. The molecule has 0 saturated carbocycles. The Hall–Kier alpha value is -1.96. The molecule has 0 radical (unpaired) electrons. The molecule has 112 valence electrons. The second kappa shape index (κ2) is 7.59. The Labute approximate surface area is 118 Å². The molecule has 1 heterocycles. The molecule has 1 rings (SSSR count). The maximum atomic E-state index is 11.6. The van der Waals surface area contributed by atoms with Gasteiger partial charge in [-0.2, -0.15) is 0 Å². The third-order valence-corrected chi connectivity index (χ3v) is 2.92. The largest absolute Gasteiger partial charge is 0.347 e. The first-order chi connectivity index (χ1) is 9.45. The van der Waals surface area contributed by atoms with Gasteiger partial charge in [-0.15, -0.1) is 10.2 Å². The fourth-order valence-corrected chi connectivity index (χ4v) is 1.51. The second-order valence-electron chi connectivity index (χ2n) is 4.80. The van der Waals surface area contributed by atoms with E-state index in [1.54, 1.807) is 6.33 Å². The number of nitrogens with two attached hydrogens (primary N) is 1. The molecular formula is C12H22N6O2. The van der Waals surface area contributed by atoms with Crippen LogP contribution in [0.15, 0.2) is 6.33 Å². The van der Waals surface area contributed by atoms with Gasteiger partial charge in [-0.1, -0.05) is 13.8 Å². The topological polar surface area (TPSA) is 115 Å². The number of carbonyl (C=O) groups is 2. The van der Waals surface area contributed by atoms with Crippen molar-refractivity contribution in [1.29, 1.82) is 0 Å². The number of hydrogen-bond donors (Lipinski definition) is 3. The molecule has 0 fully saturated rings. The first-order valence-electron chi connectivity index (χ1n) is 6.62. The van der Waals surface area contributed by atoms with Gasteiger partial charge < -0.3 is 20.9 Å². The van der Waals surface area contributed by atoms with Gasteiger partial charge in [-0.05, 0) is 12.8 Å². The highest BCUT2D eigenvalue weighted by molar-refractivity contribution is 5.87. The minimum atomic E-state index is -0.606. The summed E-state index contributed by atoms with van der Waals surface area (Å²) in [6.45, 7) is 6.57. The first-order valence-corrected chi connectivity index (χ1v) is 6.62. The van der Waals surface area contributed by atoms with Crippen molar-refractivity contribution in [3.05, 3.63) is 12.2 Å². The molecule has 0 unspecified atom stereocenters. The fourth-order valence-electron chi connectivity index (χ4n) is 1.51. The van der Waals surface area contributed by atoms with E-state index in [0.29, 0.717) is 5.82 Å². The first kappa shape index (κ1) is 16.1. The predicted octanol–water partition coefficient (Wildman–Crippen LogP) is -0.986. The molecule has 0 spiro atoms. The third kappa shape index (κ3) is 4.61. The Morgan fingerprint density at radius 1 is 1.40 bits per heavy atom. The van der Waals surface area contributed by atoms with Crippen molar-refractivity contribution in [2.45, 2.75) is 39.9 Å². The van der Waals surface area contributed by atoms with Crippen molar-refractivity contribution < 1.29 is 9.59 Å². The smallest absolute Gasteiger partial charge is 0.239 e. The van der Waals surface area contributed by atoms with Crippen molar-refractivity contribution in [1.82, 2.24) is 25.4 Å². The molecule has 4 N–H and O–H groups in total. The zero-order valence-electron chi connectivity index (χ0n) is 12.1. The van der Waals surface area contributed by atoms with Crippen molar-refractivity contribution in [2.75, 3.05) is 6.54 Å². The van der Waals surface area contributed by atoms with Crippen molar-refractivity contribution in [2.24, 2.45) is 11.7 Å². The Balaban J connectivity index is 2.32. The van der Waals surface area contributed by atoms with E-state index in [-0.39, 0.29) is 30.8 Å². The number of amides is 2. The fraction of sp³-hybridized carbons (Fsp3) is 0.667. The van der Waals surface area contributed by atoms with Gasteiger partial charge in [0.15, 0.2) is 5.82 Å². The van der Waals surface area contributed by atoms with E-state index in [1.165, 1.54) is 0 Å². The second-order valence-corrected chi connectivity index (χ2v) is 4.80.